The van der Waals surface area contributed by atoms with Crippen LogP contribution in [0.15, 0.2) is 151 Å². The van der Waals surface area contributed by atoms with Gasteiger partial charge in [-0.15, -0.1) is 0 Å². The van der Waals surface area contributed by atoms with Gasteiger partial charge in [-0.1, -0.05) is 115 Å². The molecule has 0 saturated carbocycles. The number of pyridine rings is 1. The molecule has 0 unspecified atom stereocenters. The first-order valence-electron chi connectivity index (χ1n) is 14.6. The molecule has 3 aromatic carbocycles. The van der Waals surface area contributed by atoms with Crippen molar-refractivity contribution < 1.29 is 0 Å². The van der Waals surface area contributed by atoms with Gasteiger partial charge in [0.25, 0.3) is 0 Å². The predicted molar refractivity (Wildman–Crippen MR) is 182 cm³/mol. The van der Waals surface area contributed by atoms with Gasteiger partial charge in [0, 0.05) is 28.5 Å². The molecule has 2 heterocycles. The zero-order chi connectivity index (χ0) is 30.1. The zero-order valence-corrected chi connectivity index (χ0v) is 24.4. The highest BCUT2D eigenvalue weighted by Crippen LogP contribution is 2.29. The van der Waals surface area contributed by atoms with Gasteiger partial charge in [0.2, 0.25) is 0 Å². The first-order valence-corrected chi connectivity index (χ1v) is 14.6. The third-order valence-corrected chi connectivity index (χ3v) is 7.09. The highest BCUT2D eigenvalue weighted by Gasteiger charge is 2.13. The quantitative estimate of drug-likeness (QED) is 0.189. The molecule has 0 spiro atoms. The number of aromatic nitrogens is 4. The van der Waals surface area contributed by atoms with E-state index in [-0.39, 0.29) is 0 Å². The summed E-state index contributed by atoms with van der Waals surface area (Å²) in [5.41, 5.74) is 6.90. The van der Waals surface area contributed by atoms with E-state index in [1.165, 1.54) is 0 Å². The molecule has 0 fully saturated rings. The van der Waals surface area contributed by atoms with Crippen LogP contribution in [0.25, 0.3) is 51.0 Å². The Balaban J connectivity index is 1.47. The van der Waals surface area contributed by atoms with E-state index in [9.17, 15) is 0 Å². The van der Waals surface area contributed by atoms with E-state index in [1.54, 1.807) is 6.08 Å². The molecule has 2 aromatic heterocycles. The minimum absolute atomic E-state index is 0.488. The molecule has 0 aliphatic heterocycles. The second kappa shape index (κ2) is 13.4. The molecule has 5 heteroatoms. The second-order valence-corrected chi connectivity index (χ2v) is 10.3. The van der Waals surface area contributed by atoms with E-state index in [0.717, 1.165) is 44.4 Å². The van der Waals surface area contributed by atoms with Crippen molar-refractivity contribution in [2.24, 2.45) is 0 Å². The van der Waals surface area contributed by atoms with Crippen LogP contribution in [-0.4, -0.2) is 25.6 Å². The molecule has 1 aliphatic carbocycles. The average Bonchev–Trinajstić information content (AvgIpc) is 3.07. The molecule has 0 bridgehead atoms. The number of rotatable bonds is 8. The smallest absolute Gasteiger partial charge is 0.163 e. The Morgan fingerprint density at radius 3 is 2.30 bits per heavy atom. The van der Waals surface area contributed by atoms with Gasteiger partial charge in [0.05, 0.1) is 16.9 Å². The van der Waals surface area contributed by atoms with Gasteiger partial charge in [-0.3, -0.25) is 0 Å². The summed E-state index contributed by atoms with van der Waals surface area (Å²) in [4.78, 5) is 19.6. The molecule has 1 N–H and O–H groups in total. The van der Waals surface area contributed by atoms with Crippen molar-refractivity contribution in [1.29, 1.82) is 5.41 Å². The Kier molecular flexibility index (Phi) is 8.65. The van der Waals surface area contributed by atoms with E-state index in [0.29, 0.717) is 29.6 Å². The summed E-state index contributed by atoms with van der Waals surface area (Å²) in [7, 11) is 0. The Labute approximate surface area is 257 Å². The number of hydrogen-bond acceptors (Lipinski definition) is 5. The summed E-state index contributed by atoms with van der Waals surface area (Å²) in [6.45, 7) is 1.99. The van der Waals surface area contributed by atoms with Gasteiger partial charge < -0.3 is 5.41 Å². The normalized spacial score (nSPS) is 14.2. The van der Waals surface area contributed by atoms with Gasteiger partial charge in [-0.05, 0) is 54.5 Å². The third kappa shape index (κ3) is 6.80. The fourth-order valence-corrected chi connectivity index (χ4v) is 4.88. The number of benzene rings is 3. The first-order chi connectivity index (χ1) is 21.7. The molecule has 0 atom stereocenters. The predicted octanol–water partition coefficient (Wildman–Crippen LogP) is 9.18. The van der Waals surface area contributed by atoms with Crippen molar-refractivity contribution in [2.45, 2.75) is 13.3 Å². The zero-order valence-electron chi connectivity index (χ0n) is 24.4. The lowest BCUT2D eigenvalue weighted by Gasteiger charge is -2.11. The van der Waals surface area contributed by atoms with Crippen LogP contribution in [0.1, 0.15) is 18.3 Å². The molecule has 44 heavy (non-hydrogen) atoms. The molecular weight excluding hydrogens is 538 g/mol. The monoisotopic (exact) mass is 569 g/mol. The molecule has 0 amide bonds. The Bertz CT molecular complexity index is 2010. The minimum Gasteiger partial charge on any atom is -0.300 e. The maximum absolute atomic E-state index is 8.19. The number of nitrogens with one attached hydrogen (secondary N) is 1. The second-order valence-electron chi connectivity index (χ2n) is 10.3. The van der Waals surface area contributed by atoms with E-state index >= 15 is 0 Å². The molecular formula is C39H31N5. The molecule has 0 saturated heterocycles. The number of para-hydroxylation sites is 1. The van der Waals surface area contributed by atoms with Crippen molar-refractivity contribution in [3.8, 4) is 34.0 Å². The van der Waals surface area contributed by atoms with Crippen LogP contribution in [0.2, 0.25) is 0 Å². The maximum Gasteiger partial charge on any atom is 0.163 e. The van der Waals surface area contributed by atoms with Crippen LogP contribution >= 0.6 is 0 Å². The maximum atomic E-state index is 8.19. The number of allylic oxidation sites excluding steroid dienone is 11. The highest BCUT2D eigenvalue weighted by atomic mass is 15.0. The van der Waals surface area contributed by atoms with Crippen LogP contribution in [0, 0.1) is 5.41 Å². The Hall–Kier alpha value is -5.81. The van der Waals surface area contributed by atoms with Crippen molar-refractivity contribution in [3.63, 3.8) is 0 Å². The third-order valence-electron chi connectivity index (χ3n) is 7.09. The summed E-state index contributed by atoms with van der Waals surface area (Å²) >= 11 is 0. The largest absolute Gasteiger partial charge is 0.300 e. The number of hydrogen-bond donors (Lipinski definition) is 1. The van der Waals surface area contributed by atoms with Crippen molar-refractivity contribution in [3.05, 3.63) is 163 Å². The lowest BCUT2D eigenvalue weighted by molar-refractivity contribution is 0.947. The van der Waals surface area contributed by atoms with Gasteiger partial charge in [0.1, 0.15) is 5.82 Å². The lowest BCUT2D eigenvalue weighted by Crippen LogP contribution is -2.03. The number of fused-ring (bicyclic) bond motifs is 1. The molecule has 1 aliphatic rings. The van der Waals surface area contributed by atoms with Gasteiger partial charge in [0.15, 0.2) is 11.6 Å². The van der Waals surface area contributed by atoms with Crippen LogP contribution in [0.5, 0.6) is 0 Å². The fraction of sp³-hybridized carbons (Fsp3) is 0.0513. The Morgan fingerprint density at radius 2 is 1.45 bits per heavy atom. The van der Waals surface area contributed by atoms with Crippen LogP contribution < -0.4 is 0 Å². The van der Waals surface area contributed by atoms with Gasteiger partial charge >= 0.3 is 0 Å². The minimum atomic E-state index is 0.488. The van der Waals surface area contributed by atoms with Crippen molar-refractivity contribution in [1.82, 2.24) is 19.9 Å². The Morgan fingerprint density at radius 1 is 0.682 bits per heavy atom. The van der Waals surface area contributed by atoms with Crippen LogP contribution in [0.4, 0.5) is 0 Å². The van der Waals surface area contributed by atoms with E-state index in [1.807, 2.05) is 110 Å². The summed E-state index contributed by atoms with van der Waals surface area (Å²) in [6.07, 6.45) is 22.1. The molecule has 5 nitrogen and oxygen atoms in total. The summed E-state index contributed by atoms with van der Waals surface area (Å²) in [6, 6.07) is 28.6. The van der Waals surface area contributed by atoms with Crippen molar-refractivity contribution in [2.75, 3.05) is 0 Å². The van der Waals surface area contributed by atoms with E-state index < -0.39 is 0 Å². The lowest BCUT2D eigenvalue weighted by atomic mass is 10.0. The van der Waals surface area contributed by atoms with Crippen LogP contribution in [-0.2, 0) is 6.42 Å². The number of nitrogens with zero attached hydrogens (tertiary/aromatic N) is 4. The van der Waals surface area contributed by atoms with E-state index in [2.05, 4.69) is 42.5 Å². The standard InChI is InChI=1S/C39H31N5/c1-2-3-4-8-22-37-42-38(31-17-6-5-7-18-31)44-39(43-37)33-26-28(14-13-19-29-15-9-11-20-34(29)40)25-32(27-33)36-24-23-30-16-10-12-21-35(30)41-36/h2-21,23-27,40H,22H2,1H3/b3-2-,8-4-,14-13+,29-19-,40-34?. The summed E-state index contributed by atoms with van der Waals surface area (Å²) in [5.74, 6) is 1.93. The highest BCUT2D eigenvalue weighted by molar-refractivity contribution is 6.09. The summed E-state index contributed by atoms with van der Waals surface area (Å²) in [5, 5.41) is 9.29. The SMILES string of the molecule is C/C=C\C=C/Cc1nc(-c2ccccc2)nc(-c2cc(/C=C/C=C3/C=CC=CC3=N)cc(-c3ccc4ccccc4n3)c2)n1. The topological polar surface area (TPSA) is 75.4 Å². The van der Waals surface area contributed by atoms with Gasteiger partial charge in [-0.2, -0.15) is 0 Å². The van der Waals surface area contributed by atoms with E-state index in [4.69, 9.17) is 25.3 Å². The molecule has 212 valence electrons. The summed E-state index contributed by atoms with van der Waals surface area (Å²) < 4.78 is 0. The molecule has 6 rings (SSSR count). The fourth-order valence-electron chi connectivity index (χ4n) is 4.88. The molecule has 5 aromatic rings. The molecule has 0 radical (unpaired) electrons. The van der Waals surface area contributed by atoms with Gasteiger partial charge in [-0.25, -0.2) is 19.9 Å². The first kappa shape index (κ1) is 28.3. The van der Waals surface area contributed by atoms with Crippen LogP contribution in [0.3, 0.4) is 0 Å². The van der Waals surface area contributed by atoms with Crippen molar-refractivity contribution >= 4 is 22.7 Å². The average molecular weight is 570 g/mol.